The molecule has 0 saturated carbocycles. The van der Waals surface area contributed by atoms with Gasteiger partial charge in [0.05, 0.1) is 6.21 Å². The van der Waals surface area contributed by atoms with E-state index in [0.717, 1.165) is 11.3 Å². The molecule has 0 spiro atoms. The van der Waals surface area contributed by atoms with E-state index in [1.165, 1.54) is 0 Å². The highest BCUT2D eigenvalue weighted by Crippen LogP contribution is 2.11. The zero-order chi connectivity index (χ0) is 18.2. The van der Waals surface area contributed by atoms with Gasteiger partial charge in [-0.15, -0.1) is 0 Å². The fraction of sp³-hybridized carbons (Fsp3) is 0.211. The second-order valence-corrected chi connectivity index (χ2v) is 5.66. The van der Waals surface area contributed by atoms with Gasteiger partial charge in [-0.1, -0.05) is 19.1 Å². The van der Waals surface area contributed by atoms with Gasteiger partial charge in [-0.25, -0.2) is 5.43 Å². The highest BCUT2D eigenvalue weighted by molar-refractivity contribution is 5.96. The van der Waals surface area contributed by atoms with Crippen LogP contribution >= 0.6 is 0 Å². The Balaban J connectivity index is 1.92. The summed E-state index contributed by atoms with van der Waals surface area (Å²) in [6, 6.07) is 14.5. The van der Waals surface area contributed by atoms with Gasteiger partial charge in [0.15, 0.2) is 0 Å². The number of amides is 2. The first-order valence-corrected chi connectivity index (χ1v) is 8.00. The molecule has 0 aliphatic heterocycles. The number of rotatable bonds is 6. The highest BCUT2D eigenvalue weighted by Gasteiger charge is 2.05. The summed E-state index contributed by atoms with van der Waals surface area (Å²) in [7, 11) is 3.95. The molecule has 0 aliphatic rings. The third-order valence-corrected chi connectivity index (χ3v) is 3.54. The van der Waals surface area contributed by atoms with E-state index >= 15 is 0 Å². The molecule has 0 unspecified atom stereocenters. The molecule has 0 fully saturated rings. The molecule has 2 rings (SSSR count). The maximum absolute atomic E-state index is 12.0. The lowest BCUT2D eigenvalue weighted by Crippen LogP contribution is -2.17. The van der Waals surface area contributed by atoms with E-state index in [4.69, 9.17) is 0 Å². The fourth-order valence-electron chi connectivity index (χ4n) is 2.04. The number of carbonyl (C=O) groups is 2. The molecule has 0 atom stereocenters. The Morgan fingerprint density at radius 3 is 2.24 bits per heavy atom. The maximum atomic E-state index is 12.0. The molecule has 0 radical (unpaired) electrons. The Morgan fingerprint density at radius 2 is 1.68 bits per heavy atom. The molecule has 2 amide bonds. The van der Waals surface area contributed by atoms with Crippen LogP contribution < -0.4 is 15.6 Å². The molecular weight excluding hydrogens is 316 g/mol. The van der Waals surface area contributed by atoms with Crippen molar-refractivity contribution in [2.24, 2.45) is 5.10 Å². The summed E-state index contributed by atoms with van der Waals surface area (Å²) in [5.74, 6) is -0.378. The number of nitrogens with one attached hydrogen (secondary N) is 2. The summed E-state index contributed by atoms with van der Waals surface area (Å²) in [4.78, 5) is 25.4. The van der Waals surface area contributed by atoms with Crippen LogP contribution in [0.15, 0.2) is 53.6 Å². The van der Waals surface area contributed by atoms with Gasteiger partial charge in [0.25, 0.3) is 5.91 Å². The third kappa shape index (κ3) is 5.46. The number of carbonyl (C=O) groups excluding carboxylic acids is 2. The molecule has 0 aliphatic carbocycles. The molecule has 6 heteroatoms. The summed E-state index contributed by atoms with van der Waals surface area (Å²) in [5.41, 5.74) is 5.60. The second kappa shape index (κ2) is 8.63. The van der Waals surface area contributed by atoms with E-state index < -0.39 is 0 Å². The largest absolute Gasteiger partial charge is 0.378 e. The minimum Gasteiger partial charge on any atom is -0.378 e. The van der Waals surface area contributed by atoms with Crippen molar-refractivity contribution in [3.63, 3.8) is 0 Å². The minimum atomic E-state index is -0.311. The predicted molar refractivity (Wildman–Crippen MR) is 101 cm³/mol. The Kier molecular flexibility index (Phi) is 6.28. The second-order valence-electron chi connectivity index (χ2n) is 5.66. The quantitative estimate of drug-likeness (QED) is 0.628. The monoisotopic (exact) mass is 338 g/mol. The van der Waals surface area contributed by atoms with Crippen LogP contribution in [-0.2, 0) is 4.79 Å². The maximum Gasteiger partial charge on any atom is 0.271 e. The first kappa shape index (κ1) is 18.2. The molecule has 2 N–H and O–H groups in total. The zero-order valence-electron chi connectivity index (χ0n) is 14.6. The number of hydrogen-bond donors (Lipinski definition) is 2. The molecule has 0 heterocycles. The van der Waals surface area contributed by atoms with E-state index in [0.29, 0.717) is 17.7 Å². The topological polar surface area (TPSA) is 73.8 Å². The van der Waals surface area contributed by atoms with Crippen LogP contribution in [0.3, 0.4) is 0 Å². The van der Waals surface area contributed by atoms with Crippen molar-refractivity contribution >= 4 is 29.4 Å². The Bertz CT molecular complexity index is 750. The molecule has 25 heavy (non-hydrogen) atoms. The van der Waals surface area contributed by atoms with Gasteiger partial charge in [0, 0.05) is 37.5 Å². The summed E-state index contributed by atoms with van der Waals surface area (Å²) < 4.78 is 0. The molecule has 6 nitrogen and oxygen atoms in total. The van der Waals surface area contributed by atoms with Crippen molar-refractivity contribution < 1.29 is 9.59 Å². The first-order valence-electron chi connectivity index (χ1n) is 8.00. The van der Waals surface area contributed by atoms with Crippen molar-refractivity contribution in [3.05, 3.63) is 59.7 Å². The third-order valence-electron chi connectivity index (χ3n) is 3.54. The molecule has 2 aromatic rings. The minimum absolute atomic E-state index is 0.0675. The van der Waals surface area contributed by atoms with Gasteiger partial charge in [-0.05, 0) is 42.0 Å². The van der Waals surface area contributed by atoms with Crippen molar-refractivity contribution in [2.45, 2.75) is 13.3 Å². The number of nitrogens with zero attached hydrogens (tertiary/aromatic N) is 2. The van der Waals surface area contributed by atoms with Crippen molar-refractivity contribution in [1.29, 1.82) is 0 Å². The van der Waals surface area contributed by atoms with E-state index in [1.807, 2.05) is 43.3 Å². The van der Waals surface area contributed by atoms with Crippen LogP contribution in [0.1, 0.15) is 29.3 Å². The predicted octanol–water partition coefficient (Wildman–Crippen LogP) is 2.87. The Labute approximate surface area is 147 Å². The molecule has 0 saturated heterocycles. The van der Waals surface area contributed by atoms with Crippen molar-refractivity contribution in [1.82, 2.24) is 5.43 Å². The summed E-state index contributed by atoms with van der Waals surface area (Å²) in [5, 5.41) is 6.70. The van der Waals surface area contributed by atoms with Crippen LogP contribution in [-0.4, -0.2) is 32.1 Å². The normalized spacial score (nSPS) is 10.5. The molecule has 0 aromatic heterocycles. The summed E-state index contributed by atoms with van der Waals surface area (Å²) in [6.07, 6.45) is 2.00. The van der Waals surface area contributed by atoms with Gasteiger partial charge in [0.2, 0.25) is 5.91 Å². The number of anilines is 2. The van der Waals surface area contributed by atoms with Gasteiger partial charge in [-0.3, -0.25) is 9.59 Å². The fourth-order valence-corrected chi connectivity index (χ4v) is 2.04. The van der Waals surface area contributed by atoms with E-state index in [-0.39, 0.29) is 11.8 Å². The van der Waals surface area contributed by atoms with Gasteiger partial charge in [-0.2, -0.15) is 5.10 Å². The van der Waals surface area contributed by atoms with E-state index in [2.05, 4.69) is 15.8 Å². The Morgan fingerprint density at radius 1 is 1.04 bits per heavy atom. The molecule has 2 aromatic carbocycles. The van der Waals surface area contributed by atoms with Crippen LogP contribution in [0.25, 0.3) is 0 Å². The number of benzene rings is 2. The average Bonchev–Trinajstić information content (AvgIpc) is 2.62. The summed E-state index contributed by atoms with van der Waals surface area (Å²) >= 11 is 0. The van der Waals surface area contributed by atoms with Gasteiger partial charge >= 0.3 is 0 Å². The van der Waals surface area contributed by atoms with Gasteiger partial charge < -0.3 is 10.2 Å². The van der Waals surface area contributed by atoms with Gasteiger partial charge in [0.1, 0.15) is 0 Å². The highest BCUT2D eigenvalue weighted by atomic mass is 16.2. The average molecular weight is 338 g/mol. The molecular formula is C19H22N4O2. The lowest BCUT2D eigenvalue weighted by Gasteiger charge is -2.11. The SMILES string of the molecule is CCC(=O)Nc1ccc(C(=O)N/N=C\c2ccc(N(C)C)cc2)cc1. The lowest BCUT2D eigenvalue weighted by molar-refractivity contribution is -0.115. The standard InChI is InChI=1S/C19H22N4O2/c1-4-18(24)21-16-9-7-15(8-10-16)19(25)22-20-13-14-5-11-17(12-6-14)23(2)3/h5-13H,4H2,1-3H3,(H,21,24)(H,22,25)/b20-13-. The first-order chi connectivity index (χ1) is 12.0. The number of hydrazone groups is 1. The van der Waals surface area contributed by atoms with Crippen molar-refractivity contribution in [3.8, 4) is 0 Å². The van der Waals surface area contributed by atoms with E-state index in [1.54, 1.807) is 37.4 Å². The Hall–Kier alpha value is -3.15. The van der Waals surface area contributed by atoms with Crippen LogP contribution in [0, 0.1) is 0 Å². The van der Waals surface area contributed by atoms with Crippen LogP contribution in [0.5, 0.6) is 0 Å². The van der Waals surface area contributed by atoms with E-state index in [9.17, 15) is 9.59 Å². The van der Waals surface area contributed by atoms with Crippen LogP contribution in [0.2, 0.25) is 0 Å². The smallest absolute Gasteiger partial charge is 0.271 e. The summed E-state index contributed by atoms with van der Waals surface area (Å²) in [6.45, 7) is 1.78. The van der Waals surface area contributed by atoms with Crippen molar-refractivity contribution in [2.75, 3.05) is 24.3 Å². The zero-order valence-corrected chi connectivity index (χ0v) is 14.6. The van der Waals surface area contributed by atoms with Crippen LogP contribution in [0.4, 0.5) is 11.4 Å². The molecule has 130 valence electrons. The molecule has 0 bridgehead atoms. The number of hydrogen-bond acceptors (Lipinski definition) is 4. The lowest BCUT2D eigenvalue weighted by atomic mass is 10.2.